The molecule has 2 aromatic rings. The lowest BCUT2D eigenvalue weighted by molar-refractivity contribution is 0.532. The van der Waals surface area contributed by atoms with Gasteiger partial charge in [0.15, 0.2) is 5.16 Å². The number of benzene rings is 1. The summed E-state index contributed by atoms with van der Waals surface area (Å²) in [6, 6.07) is 10.7. The summed E-state index contributed by atoms with van der Waals surface area (Å²) in [5.41, 5.74) is 1.10. The average molecular weight is 306 g/mol. The molecule has 1 heterocycles. The molecule has 0 saturated carbocycles. The fourth-order valence-corrected chi connectivity index (χ4v) is 3.38. The van der Waals surface area contributed by atoms with Crippen molar-refractivity contribution >= 4 is 11.8 Å². The maximum atomic E-state index is 11.7. The van der Waals surface area contributed by atoms with Crippen LogP contribution >= 0.6 is 11.8 Å². The van der Waals surface area contributed by atoms with Crippen LogP contribution in [0.1, 0.15) is 38.4 Å². The molecule has 1 aromatic carbocycles. The first-order chi connectivity index (χ1) is 10.1. The van der Waals surface area contributed by atoms with Crippen LogP contribution in [0.5, 0.6) is 0 Å². The largest absolute Gasteiger partial charge is 0.344 e. The van der Waals surface area contributed by atoms with Gasteiger partial charge in [0.2, 0.25) is 0 Å². The van der Waals surface area contributed by atoms with E-state index < -0.39 is 0 Å². The highest BCUT2D eigenvalue weighted by Gasteiger charge is 2.15. The fourth-order valence-electron chi connectivity index (χ4n) is 2.21. The molecule has 0 aliphatic heterocycles. The number of hydrogen-bond donors (Lipinski definition) is 2. The predicted molar refractivity (Wildman–Crippen MR) is 86.8 cm³/mol. The Kier molecular flexibility index (Phi) is 5.64. The summed E-state index contributed by atoms with van der Waals surface area (Å²) in [4.78, 5) is 11.7. The summed E-state index contributed by atoms with van der Waals surface area (Å²) in [5, 5.41) is 10.9. The number of hydrogen-bond acceptors (Lipinski definition) is 4. The molecule has 2 rings (SSSR count). The molecule has 0 aliphatic carbocycles. The summed E-state index contributed by atoms with van der Waals surface area (Å²) >= 11 is 1.60. The zero-order valence-electron chi connectivity index (χ0n) is 12.7. The number of aromatic amines is 1. The van der Waals surface area contributed by atoms with Crippen molar-refractivity contribution in [3.8, 4) is 0 Å². The van der Waals surface area contributed by atoms with E-state index in [2.05, 4.69) is 34.6 Å². The Bertz CT molecular complexity index is 606. The molecule has 1 unspecified atom stereocenters. The fraction of sp³-hybridized carbons (Fsp3) is 0.467. The van der Waals surface area contributed by atoms with Crippen molar-refractivity contribution < 1.29 is 0 Å². The van der Waals surface area contributed by atoms with E-state index in [0.717, 1.165) is 17.5 Å². The Morgan fingerprint density at radius 2 is 2.05 bits per heavy atom. The molecular formula is C15H22N4OS. The first-order valence-electron chi connectivity index (χ1n) is 7.21. The molecule has 21 heavy (non-hydrogen) atoms. The predicted octanol–water partition coefficient (Wildman–Crippen LogP) is 2.60. The monoisotopic (exact) mass is 306 g/mol. The Morgan fingerprint density at radius 1 is 1.33 bits per heavy atom. The van der Waals surface area contributed by atoms with Crippen LogP contribution in [-0.2, 0) is 0 Å². The van der Waals surface area contributed by atoms with Crippen LogP contribution in [0.25, 0.3) is 0 Å². The van der Waals surface area contributed by atoms with Crippen molar-refractivity contribution in [1.82, 2.24) is 20.1 Å². The SMILES string of the molecule is CCNC(CSc1n[nH]c(=O)n1C(C)C)c1ccccc1. The van der Waals surface area contributed by atoms with E-state index in [4.69, 9.17) is 0 Å². The van der Waals surface area contributed by atoms with Gasteiger partial charge in [0.25, 0.3) is 0 Å². The van der Waals surface area contributed by atoms with Crippen molar-refractivity contribution in [3.63, 3.8) is 0 Å². The number of nitrogens with one attached hydrogen (secondary N) is 2. The number of nitrogens with zero attached hydrogens (tertiary/aromatic N) is 2. The van der Waals surface area contributed by atoms with E-state index in [1.165, 1.54) is 5.56 Å². The van der Waals surface area contributed by atoms with E-state index in [0.29, 0.717) is 0 Å². The van der Waals surface area contributed by atoms with Gasteiger partial charge in [0.1, 0.15) is 0 Å². The topological polar surface area (TPSA) is 62.7 Å². The third-order valence-corrected chi connectivity index (χ3v) is 4.27. The van der Waals surface area contributed by atoms with Gasteiger partial charge >= 0.3 is 5.69 Å². The summed E-state index contributed by atoms with van der Waals surface area (Å²) in [6.07, 6.45) is 0. The molecule has 1 aromatic heterocycles. The zero-order chi connectivity index (χ0) is 15.2. The molecule has 5 nitrogen and oxygen atoms in total. The van der Waals surface area contributed by atoms with Gasteiger partial charge in [-0.15, -0.1) is 5.10 Å². The van der Waals surface area contributed by atoms with Gasteiger partial charge in [-0.2, -0.15) is 0 Å². The molecule has 2 N–H and O–H groups in total. The van der Waals surface area contributed by atoms with Crippen molar-refractivity contribution in [1.29, 1.82) is 0 Å². The maximum absolute atomic E-state index is 11.7. The Hall–Kier alpha value is -1.53. The molecule has 0 bridgehead atoms. The number of H-pyrrole nitrogens is 1. The lowest BCUT2D eigenvalue weighted by Crippen LogP contribution is -2.23. The minimum atomic E-state index is -0.146. The highest BCUT2D eigenvalue weighted by Crippen LogP contribution is 2.24. The minimum absolute atomic E-state index is 0.105. The molecule has 6 heteroatoms. The molecule has 0 aliphatic rings. The van der Waals surface area contributed by atoms with Crippen LogP contribution in [0.3, 0.4) is 0 Å². The Labute approximate surface area is 129 Å². The van der Waals surface area contributed by atoms with Gasteiger partial charge in [0.05, 0.1) is 0 Å². The molecule has 0 radical (unpaired) electrons. The number of aromatic nitrogens is 3. The molecule has 0 amide bonds. The average Bonchev–Trinajstić information content (AvgIpc) is 2.85. The van der Waals surface area contributed by atoms with Crippen LogP contribution in [-0.4, -0.2) is 27.1 Å². The first-order valence-corrected chi connectivity index (χ1v) is 8.20. The summed E-state index contributed by atoms with van der Waals surface area (Å²) in [5.74, 6) is 0.828. The minimum Gasteiger partial charge on any atom is -0.309 e. The number of rotatable bonds is 7. The summed E-state index contributed by atoms with van der Waals surface area (Å²) in [6.45, 7) is 6.97. The van der Waals surface area contributed by atoms with E-state index >= 15 is 0 Å². The van der Waals surface area contributed by atoms with Gasteiger partial charge in [-0.05, 0) is 26.0 Å². The Balaban J connectivity index is 2.11. The second-order valence-corrected chi connectivity index (χ2v) is 6.09. The van der Waals surface area contributed by atoms with E-state index in [1.807, 2.05) is 32.0 Å². The van der Waals surface area contributed by atoms with Crippen molar-refractivity contribution in [2.24, 2.45) is 0 Å². The third-order valence-electron chi connectivity index (χ3n) is 3.22. The van der Waals surface area contributed by atoms with Gasteiger partial charge in [-0.25, -0.2) is 9.89 Å². The smallest absolute Gasteiger partial charge is 0.309 e. The van der Waals surface area contributed by atoms with E-state index in [9.17, 15) is 4.79 Å². The lowest BCUT2D eigenvalue weighted by atomic mass is 10.1. The van der Waals surface area contributed by atoms with Gasteiger partial charge in [-0.1, -0.05) is 49.0 Å². The quantitative estimate of drug-likeness (QED) is 0.772. The van der Waals surface area contributed by atoms with Gasteiger partial charge in [0, 0.05) is 17.8 Å². The number of thioether (sulfide) groups is 1. The van der Waals surface area contributed by atoms with Crippen molar-refractivity contribution in [2.75, 3.05) is 12.3 Å². The molecular weight excluding hydrogens is 284 g/mol. The summed E-state index contributed by atoms with van der Waals surface area (Å²) in [7, 11) is 0. The van der Waals surface area contributed by atoms with Crippen molar-refractivity contribution in [2.45, 2.75) is 38.0 Å². The second kappa shape index (κ2) is 7.47. The second-order valence-electron chi connectivity index (χ2n) is 5.11. The highest BCUT2D eigenvalue weighted by atomic mass is 32.2. The van der Waals surface area contributed by atoms with Crippen LogP contribution < -0.4 is 11.0 Å². The standard InChI is InChI=1S/C15H22N4OS/c1-4-16-13(12-8-6-5-7-9-12)10-21-15-18-17-14(20)19(15)11(2)3/h5-9,11,13,16H,4,10H2,1-3H3,(H,17,20). The normalized spacial score (nSPS) is 12.8. The third kappa shape index (κ3) is 3.98. The van der Waals surface area contributed by atoms with E-state index in [1.54, 1.807) is 16.3 Å². The molecule has 0 fully saturated rings. The van der Waals surface area contributed by atoms with Gasteiger partial charge < -0.3 is 5.32 Å². The zero-order valence-corrected chi connectivity index (χ0v) is 13.5. The van der Waals surface area contributed by atoms with Crippen molar-refractivity contribution in [3.05, 3.63) is 46.4 Å². The summed E-state index contributed by atoms with van der Waals surface area (Å²) < 4.78 is 1.69. The van der Waals surface area contributed by atoms with Crippen LogP contribution in [0.4, 0.5) is 0 Å². The van der Waals surface area contributed by atoms with Crippen LogP contribution in [0, 0.1) is 0 Å². The highest BCUT2D eigenvalue weighted by molar-refractivity contribution is 7.99. The molecule has 0 spiro atoms. The lowest BCUT2D eigenvalue weighted by Gasteiger charge is -2.18. The molecule has 1 atom stereocenters. The maximum Gasteiger partial charge on any atom is 0.344 e. The van der Waals surface area contributed by atoms with Crippen LogP contribution in [0.2, 0.25) is 0 Å². The van der Waals surface area contributed by atoms with Crippen LogP contribution in [0.15, 0.2) is 40.3 Å². The molecule has 0 saturated heterocycles. The Morgan fingerprint density at radius 3 is 2.67 bits per heavy atom. The van der Waals surface area contributed by atoms with Gasteiger partial charge in [-0.3, -0.25) is 4.57 Å². The first kappa shape index (κ1) is 15.9. The molecule has 114 valence electrons. The van der Waals surface area contributed by atoms with E-state index in [-0.39, 0.29) is 17.8 Å².